The Balaban J connectivity index is 2.62. The molecule has 1 atom stereocenters. The molecule has 0 fully saturated rings. The van der Waals surface area contributed by atoms with Crippen molar-refractivity contribution in [1.82, 2.24) is 5.32 Å². The van der Waals surface area contributed by atoms with Gasteiger partial charge in [-0.15, -0.1) is 0 Å². The number of ether oxygens (including phenoxy) is 1. The summed E-state index contributed by atoms with van der Waals surface area (Å²) in [5.41, 5.74) is -0.0183. The summed E-state index contributed by atoms with van der Waals surface area (Å²) in [4.78, 5) is 0. The summed E-state index contributed by atoms with van der Waals surface area (Å²) in [6.45, 7) is 7.95. The Labute approximate surface area is 110 Å². The molecule has 0 spiro atoms. The van der Waals surface area contributed by atoms with Gasteiger partial charge in [-0.1, -0.05) is 32.0 Å². The van der Waals surface area contributed by atoms with Crippen LogP contribution in [0.25, 0.3) is 0 Å². The smallest absolute Gasteiger partial charge is 0.124 e. The summed E-state index contributed by atoms with van der Waals surface area (Å²) in [6.07, 6.45) is 0.667. The van der Waals surface area contributed by atoms with Crippen LogP contribution in [-0.2, 0) is 5.60 Å². The summed E-state index contributed by atoms with van der Waals surface area (Å²) >= 11 is 0. The molecule has 1 aromatic rings. The molecule has 0 aliphatic carbocycles. The number of hydrogen-bond donors (Lipinski definition) is 2. The summed E-state index contributed by atoms with van der Waals surface area (Å²) in [7, 11) is 1.63. The van der Waals surface area contributed by atoms with Gasteiger partial charge in [0.2, 0.25) is 0 Å². The molecule has 0 aromatic heterocycles. The fraction of sp³-hybridized carbons (Fsp3) is 0.600. The van der Waals surface area contributed by atoms with E-state index >= 15 is 0 Å². The normalized spacial score (nSPS) is 14.6. The Hall–Kier alpha value is -1.06. The summed E-state index contributed by atoms with van der Waals surface area (Å²) in [5, 5.41) is 13.9. The lowest BCUT2D eigenvalue weighted by Gasteiger charge is -2.26. The molecule has 3 nitrogen and oxygen atoms in total. The van der Waals surface area contributed by atoms with Crippen LogP contribution in [0.5, 0.6) is 5.75 Å². The number of hydrogen-bond acceptors (Lipinski definition) is 3. The number of nitrogens with one attached hydrogen (secondary N) is 1. The molecule has 0 radical (unpaired) electrons. The topological polar surface area (TPSA) is 41.5 Å². The summed E-state index contributed by atoms with van der Waals surface area (Å²) < 4.78 is 5.30. The number of benzene rings is 1. The molecule has 2 N–H and O–H groups in total. The van der Waals surface area contributed by atoms with Crippen LogP contribution in [0.4, 0.5) is 0 Å². The zero-order valence-electron chi connectivity index (χ0n) is 11.9. The van der Waals surface area contributed by atoms with Gasteiger partial charge in [0.25, 0.3) is 0 Å². The fourth-order valence-electron chi connectivity index (χ4n) is 1.95. The van der Waals surface area contributed by atoms with Crippen molar-refractivity contribution in [2.45, 2.75) is 32.8 Å². The molecule has 1 aromatic carbocycles. The van der Waals surface area contributed by atoms with Crippen LogP contribution >= 0.6 is 0 Å². The lowest BCUT2D eigenvalue weighted by Crippen LogP contribution is -2.29. The SMILES string of the molecule is COc1ccccc1C(C)(O)CCNCC(C)C. The maximum Gasteiger partial charge on any atom is 0.124 e. The van der Waals surface area contributed by atoms with E-state index < -0.39 is 5.60 Å². The van der Waals surface area contributed by atoms with Crippen LogP contribution in [0.3, 0.4) is 0 Å². The van der Waals surface area contributed by atoms with Crippen molar-refractivity contribution in [2.75, 3.05) is 20.2 Å². The van der Waals surface area contributed by atoms with Crippen molar-refractivity contribution >= 4 is 0 Å². The highest BCUT2D eigenvalue weighted by molar-refractivity contribution is 5.37. The van der Waals surface area contributed by atoms with Gasteiger partial charge >= 0.3 is 0 Å². The van der Waals surface area contributed by atoms with Crippen molar-refractivity contribution in [3.63, 3.8) is 0 Å². The van der Waals surface area contributed by atoms with Crippen molar-refractivity contribution in [1.29, 1.82) is 0 Å². The number of para-hydroxylation sites is 1. The van der Waals surface area contributed by atoms with Crippen LogP contribution in [0.15, 0.2) is 24.3 Å². The molecule has 0 amide bonds. The van der Waals surface area contributed by atoms with Crippen LogP contribution in [0.2, 0.25) is 0 Å². The Morgan fingerprint density at radius 1 is 1.33 bits per heavy atom. The third-order valence-corrected chi connectivity index (χ3v) is 3.03. The van der Waals surface area contributed by atoms with Crippen molar-refractivity contribution in [3.8, 4) is 5.75 Å². The van der Waals surface area contributed by atoms with Crippen molar-refractivity contribution in [2.24, 2.45) is 5.92 Å². The number of methoxy groups -OCH3 is 1. The highest BCUT2D eigenvalue weighted by Crippen LogP contribution is 2.31. The van der Waals surface area contributed by atoms with Gasteiger partial charge in [0.1, 0.15) is 5.75 Å². The van der Waals surface area contributed by atoms with E-state index in [1.807, 2.05) is 31.2 Å². The Bertz CT molecular complexity index is 361. The zero-order valence-corrected chi connectivity index (χ0v) is 11.9. The average Bonchev–Trinajstić information content (AvgIpc) is 2.34. The standard InChI is InChI=1S/C15H25NO2/c1-12(2)11-16-10-9-15(3,17)13-7-5-6-8-14(13)18-4/h5-8,12,16-17H,9-11H2,1-4H3. The Kier molecular flexibility index (Phi) is 5.63. The molecule has 0 bridgehead atoms. The minimum atomic E-state index is -0.865. The first-order valence-electron chi connectivity index (χ1n) is 6.54. The largest absolute Gasteiger partial charge is 0.496 e. The van der Waals surface area contributed by atoms with Crippen LogP contribution in [0.1, 0.15) is 32.8 Å². The van der Waals surface area contributed by atoms with Gasteiger partial charge in [-0.05, 0) is 38.4 Å². The maximum atomic E-state index is 10.5. The molecule has 18 heavy (non-hydrogen) atoms. The van der Waals surface area contributed by atoms with Crippen molar-refractivity contribution < 1.29 is 9.84 Å². The van der Waals surface area contributed by atoms with E-state index in [1.54, 1.807) is 7.11 Å². The molecule has 3 heteroatoms. The maximum absolute atomic E-state index is 10.5. The van der Waals surface area contributed by atoms with E-state index in [0.29, 0.717) is 12.3 Å². The second-order valence-corrected chi connectivity index (χ2v) is 5.32. The first kappa shape index (κ1) is 15.0. The van der Waals surface area contributed by atoms with E-state index in [1.165, 1.54) is 0 Å². The zero-order chi connectivity index (χ0) is 13.6. The highest BCUT2D eigenvalue weighted by atomic mass is 16.5. The minimum absolute atomic E-state index is 0.626. The monoisotopic (exact) mass is 251 g/mol. The number of rotatable bonds is 7. The molecule has 1 rings (SSSR count). The summed E-state index contributed by atoms with van der Waals surface area (Å²) in [5.74, 6) is 1.37. The van der Waals surface area contributed by atoms with Crippen LogP contribution < -0.4 is 10.1 Å². The molecular formula is C15H25NO2. The molecule has 0 saturated carbocycles. The van der Waals surface area contributed by atoms with Gasteiger partial charge in [-0.3, -0.25) is 0 Å². The van der Waals surface area contributed by atoms with Gasteiger partial charge in [-0.25, -0.2) is 0 Å². The van der Waals surface area contributed by atoms with Gasteiger partial charge in [0.05, 0.1) is 12.7 Å². The molecule has 0 aliphatic heterocycles. The van der Waals surface area contributed by atoms with E-state index in [2.05, 4.69) is 19.2 Å². The summed E-state index contributed by atoms with van der Waals surface area (Å²) in [6, 6.07) is 7.63. The second kappa shape index (κ2) is 6.76. The van der Waals surface area contributed by atoms with E-state index in [9.17, 15) is 5.11 Å². The highest BCUT2D eigenvalue weighted by Gasteiger charge is 2.25. The molecule has 102 valence electrons. The Morgan fingerprint density at radius 2 is 2.00 bits per heavy atom. The molecule has 1 unspecified atom stereocenters. The quantitative estimate of drug-likeness (QED) is 0.732. The van der Waals surface area contributed by atoms with Crippen LogP contribution in [-0.4, -0.2) is 25.3 Å². The molecular weight excluding hydrogens is 226 g/mol. The van der Waals surface area contributed by atoms with E-state index in [0.717, 1.165) is 24.4 Å². The van der Waals surface area contributed by atoms with Gasteiger partial charge in [0.15, 0.2) is 0 Å². The predicted molar refractivity (Wildman–Crippen MR) is 74.9 cm³/mol. The molecule has 0 heterocycles. The number of aliphatic hydroxyl groups is 1. The van der Waals surface area contributed by atoms with Crippen LogP contribution in [0, 0.1) is 5.92 Å². The van der Waals surface area contributed by atoms with E-state index in [4.69, 9.17) is 4.74 Å². The Morgan fingerprint density at radius 3 is 2.61 bits per heavy atom. The first-order chi connectivity index (χ1) is 8.47. The molecule has 0 aliphatic rings. The third-order valence-electron chi connectivity index (χ3n) is 3.03. The lowest BCUT2D eigenvalue weighted by atomic mass is 9.91. The molecule has 0 saturated heterocycles. The van der Waals surface area contributed by atoms with Crippen molar-refractivity contribution in [3.05, 3.63) is 29.8 Å². The second-order valence-electron chi connectivity index (χ2n) is 5.32. The van der Waals surface area contributed by atoms with Gasteiger partial charge in [0, 0.05) is 5.56 Å². The van der Waals surface area contributed by atoms with Gasteiger partial charge < -0.3 is 15.2 Å². The minimum Gasteiger partial charge on any atom is -0.496 e. The average molecular weight is 251 g/mol. The van der Waals surface area contributed by atoms with Gasteiger partial charge in [-0.2, -0.15) is 0 Å². The first-order valence-corrected chi connectivity index (χ1v) is 6.54. The third kappa shape index (κ3) is 4.31. The fourth-order valence-corrected chi connectivity index (χ4v) is 1.95. The lowest BCUT2D eigenvalue weighted by molar-refractivity contribution is 0.0453. The predicted octanol–water partition coefficient (Wildman–Crippen LogP) is 2.54. The van der Waals surface area contributed by atoms with E-state index in [-0.39, 0.29) is 0 Å².